The van der Waals surface area contributed by atoms with Crippen molar-refractivity contribution >= 4 is 15.6 Å². The Balaban J connectivity index is 1.96. The molecule has 4 nitrogen and oxygen atoms in total. The lowest BCUT2D eigenvalue weighted by atomic mass is 10.1. The molecule has 0 radical (unpaired) electrons. The minimum Gasteiger partial charge on any atom is -0.494 e. The number of hydrogen-bond donors (Lipinski definition) is 0. The van der Waals surface area contributed by atoms with Crippen LogP contribution in [0.2, 0.25) is 0 Å². The molecule has 128 valence electrons. The third kappa shape index (κ3) is 5.81. The van der Waals surface area contributed by atoms with E-state index in [-0.39, 0.29) is 5.75 Å². The first kappa shape index (κ1) is 18.2. The standard InChI is InChI=1S/C19H22O4S/c1-2-3-13-23-18-11-9-17(10-12-18)19(20)15-24(21,22)14-16-7-5-4-6-8-16/h4-12H,2-3,13-15H2,1H3. The summed E-state index contributed by atoms with van der Waals surface area (Å²) in [4.78, 5) is 12.2. The molecular formula is C19H22O4S. The number of sulfone groups is 1. The van der Waals surface area contributed by atoms with E-state index in [9.17, 15) is 13.2 Å². The molecular weight excluding hydrogens is 324 g/mol. The molecule has 0 aliphatic carbocycles. The Morgan fingerprint density at radius 3 is 2.29 bits per heavy atom. The predicted molar refractivity (Wildman–Crippen MR) is 95.1 cm³/mol. The molecule has 0 atom stereocenters. The molecule has 2 aromatic carbocycles. The molecule has 0 saturated carbocycles. The van der Waals surface area contributed by atoms with Gasteiger partial charge in [0.1, 0.15) is 11.5 Å². The lowest BCUT2D eigenvalue weighted by Gasteiger charge is -2.07. The molecule has 0 aliphatic heterocycles. The highest BCUT2D eigenvalue weighted by Gasteiger charge is 2.18. The number of ketones is 1. The van der Waals surface area contributed by atoms with E-state index >= 15 is 0 Å². The fourth-order valence-electron chi connectivity index (χ4n) is 2.23. The first-order valence-electron chi connectivity index (χ1n) is 8.00. The molecule has 0 bridgehead atoms. The number of rotatable bonds is 9. The van der Waals surface area contributed by atoms with Gasteiger partial charge in [-0.1, -0.05) is 43.7 Å². The number of Topliss-reactive ketones (excluding diaryl/α,β-unsaturated/α-hetero) is 1. The van der Waals surface area contributed by atoms with Crippen LogP contribution in [0, 0.1) is 0 Å². The van der Waals surface area contributed by atoms with Crippen molar-refractivity contribution in [1.29, 1.82) is 0 Å². The van der Waals surface area contributed by atoms with Gasteiger partial charge < -0.3 is 4.74 Å². The maximum Gasteiger partial charge on any atom is 0.177 e. The quantitative estimate of drug-likeness (QED) is 0.513. The highest BCUT2D eigenvalue weighted by Crippen LogP contribution is 2.15. The number of unbranched alkanes of at least 4 members (excludes halogenated alkanes) is 1. The van der Waals surface area contributed by atoms with E-state index in [1.807, 2.05) is 6.07 Å². The van der Waals surface area contributed by atoms with E-state index in [0.717, 1.165) is 12.8 Å². The van der Waals surface area contributed by atoms with Crippen LogP contribution < -0.4 is 4.74 Å². The summed E-state index contributed by atoms with van der Waals surface area (Å²) >= 11 is 0. The van der Waals surface area contributed by atoms with Crippen molar-refractivity contribution in [2.45, 2.75) is 25.5 Å². The first-order valence-corrected chi connectivity index (χ1v) is 9.83. The zero-order valence-corrected chi connectivity index (χ0v) is 14.6. The third-order valence-corrected chi connectivity index (χ3v) is 5.00. The molecule has 0 amide bonds. The van der Waals surface area contributed by atoms with Crippen molar-refractivity contribution in [3.05, 3.63) is 65.7 Å². The summed E-state index contributed by atoms with van der Waals surface area (Å²) in [6.45, 7) is 2.72. The minimum atomic E-state index is -3.49. The van der Waals surface area contributed by atoms with Crippen LogP contribution in [0.1, 0.15) is 35.7 Å². The summed E-state index contributed by atoms with van der Waals surface area (Å²) in [6, 6.07) is 15.5. The largest absolute Gasteiger partial charge is 0.494 e. The second-order valence-electron chi connectivity index (χ2n) is 5.67. The SMILES string of the molecule is CCCCOc1ccc(C(=O)CS(=O)(=O)Cc2ccccc2)cc1. The van der Waals surface area contributed by atoms with E-state index in [4.69, 9.17) is 4.74 Å². The van der Waals surface area contributed by atoms with Gasteiger partial charge in [-0.15, -0.1) is 0 Å². The Labute approximate surface area is 143 Å². The van der Waals surface area contributed by atoms with Gasteiger partial charge in [0.2, 0.25) is 0 Å². The Hall–Kier alpha value is -2.14. The van der Waals surface area contributed by atoms with Crippen LogP contribution >= 0.6 is 0 Å². The summed E-state index contributed by atoms with van der Waals surface area (Å²) in [5, 5.41) is 0. The molecule has 2 aromatic rings. The van der Waals surface area contributed by atoms with Crippen LogP contribution in [0.5, 0.6) is 5.75 Å². The lowest BCUT2D eigenvalue weighted by Crippen LogP contribution is -2.18. The van der Waals surface area contributed by atoms with E-state index in [2.05, 4.69) is 6.92 Å². The van der Waals surface area contributed by atoms with Gasteiger partial charge in [-0.05, 0) is 36.2 Å². The molecule has 24 heavy (non-hydrogen) atoms. The number of hydrogen-bond acceptors (Lipinski definition) is 4. The number of carbonyl (C=O) groups excluding carboxylic acids is 1. The van der Waals surface area contributed by atoms with E-state index in [1.165, 1.54) is 0 Å². The number of benzene rings is 2. The maximum atomic E-state index is 12.2. The topological polar surface area (TPSA) is 60.4 Å². The van der Waals surface area contributed by atoms with Crippen molar-refractivity contribution in [2.75, 3.05) is 12.4 Å². The smallest absolute Gasteiger partial charge is 0.177 e. The van der Waals surface area contributed by atoms with E-state index in [1.54, 1.807) is 48.5 Å². The van der Waals surface area contributed by atoms with Crippen molar-refractivity contribution in [3.8, 4) is 5.75 Å². The molecule has 2 rings (SSSR count). The number of carbonyl (C=O) groups is 1. The summed E-state index contributed by atoms with van der Waals surface area (Å²) in [6.07, 6.45) is 2.02. The normalized spacial score (nSPS) is 11.2. The second kappa shape index (κ2) is 8.64. The van der Waals surface area contributed by atoms with Gasteiger partial charge in [-0.2, -0.15) is 0 Å². The molecule has 0 unspecified atom stereocenters. The van der Waals surface area contributed by atoms with E-state index in [0.29, 0.717) is 23.5 Å². The summed E-state index contributed by atoms with van der Waals surface area (Å²) < 4.78 is 29.9. The van der Waals surface area contributed by atoms with Crippen molar-refractivity contribution in [1.82, 2.24) is 0 Å². The molecule has 0 heterocycles. The van der Waals surface area contributed by atoms with Gasteiger partial charge in [0.15, 0.2) is 15.6 Å². The summed E-state index contributed by atoms with van der Waals surface area (Å²) in [7, 11) is -3.49. The summed E-state index contributed by atoms with van der Waals surface area (Å²) in [5.41, 5.74) is 1.07. The van der Waals surface area contributed by atoms with Crippen molar-refractivity contribution < 1.29 is 17.9 Å². The molecule has 0 aromatic heterocycles. The lowest BCUT2D eigenvalue weighted by molar-refractivity contribution is 0.102. The highest BCUT2D eigenvalue weighted by molar-refractivity contribution is 7.91. The molecule has 0 spiro atoms. The fraction of sp³-hybridized carbons (Fsp3) is 0.316. The monoisotopic (exact) mass is 346 g/mol. The average Bonchev–Trinajstić information content (AvgIpc) is 2.55. The zero-order chi connectivity index (χ0) is 17.4. The Kier molecular flexibility index (Phi) is 6.55. The Bertz CT molecular complexity index is 750. The predicted octanol–water partition coefficient (Wildman–Crippen LogP) is 3.66. The Morgan fingerprint density at radius 2 is 1.67 bits per heavy atom. The van der Waals surface area contributed by atoms with Crippen LogP contribution in [0.4, 0.5) is 0 Å². The van der Waals surface area contributed by atoms with Gasteiger partial charge >= 0.3 is 0 Å². The fourth-order valence-corrected chi connectivity index (χ4v) is 3.60. The Morgan fingerprint density at radius 1 is 1.00 bits per heavy atom. The highest BCUT2D eigenvalue weighted by atomic mass is 32.2. The van der Waals surface area contributed by atoms with Crippen LogP contribution in [0.15, 0.2) is 54.6 Å². The van der Waals surface area contributed by atoms with Crippen LogP contribution in [0.3, 0.4) is 0 Å². The molecule has 0 aliphatic rings. The molecule has 0 saturated heterocycles. The van der Waals surface area contributed by atoms with Crippen molar-refractivity contribution in [2.24, 2.45) is 0 Å². The maximum absolute atomic E-state index is 12.2. The first-order chi connectivity index (χ1) is 11.5. The van der Waals surface area contributed by atoms with Gasteiger partial charge in [0, 0.05) is 5.56 Å². The van der Waals surface area contributed by atoms with Crippen LogP contribution in [-0.2, 0) is 15.6 Å². The molecule has 0 fully saturated rings. The zero-order valence-electron chi connectivity index (χ0n) is 13.8. The van der Waals surface area contributed by atoms with Gasteiger partial charge in [-0.25, -0.2) is 8.42 Å². The van der Waals surface area contributed by atoms with Crippen LogP contribution in [0.25, 0.3) is 0 Å². The molecule has 0 N–H and O–H groups in total. The minimum absolute atomic E-state index is 0.127. The molecule has 5 heteroatoms. The average molecular weight is 346 g/mol. The third-order valence-electron chi connectivity index (χ3n) is 3.52. The van der Waals surface area contributed by atoms with Crippen molar-refractivity contribution in [3.63, 3.8) is 0 Å². The second-order valence-corrected chi connectivity index (χ2v) is 7.73. The van der Waals surface area contributed by atoms with Gasteiger partial charge in [-0.3, -0.25) is 4.79 Å². The van der Waals surface area contributed by atoms with Crippen LogP contribution in [-0.4, -0.2) is 26.6 Å². The summed E-state index contributed by atoms with van der Waals surface area (Å²) in [5.74, 6) is -0.325. The van der Waals surface area contributed by atoms with Gasteiger partial charge in [0.05, 0.1) is 12.4 Å². The van der Waals surface area contributed by atoms with Gasteiger partial charge in [0.25, 0.3) is 0 Å². The van der Waals surface area contributed by atoms with E-state index < -0.39 is 21.4 Å². The number of ether oxygens (including phenoxy) is 1.